The molecule has 0 saturated carbocycles. The van der Waals surface area contributed by atoms with Crippen LogP contribution in [0.25, 0.3) is 5.57 Å². The van der Waals surface area contributed by atoms with E-state index in [4.69, 9.17) is 32.7 Å². The molecule has 1 fully saturated rings. The quantitative estimate of drug-likeness (QED) is 0.511. The zero-order chi connectivity index (χ0) is 25.3. The first-order valence-corrected chi connectivity index (χ1v) is 11.9. The predicted octanol–water partition coefficient (Wildman–Crippen LogP) is 4.66. The van der Waals surface area contributed by atoms with Crippen LogP contribution >= 0.6 is 23.2 Å². The number of carboxylic acid groups (broad SMARTS) is 2. The maximum atomic E-state index is 12.2. The molecule has 4 rings (SSSR count). The van der Waals surface area contributed by atoms with Crippen LogP contribution in [0.2, 0.25) is 10.0 Å². The van der Waals surface area contributed by atoms with Gasteiger partial charge in [0.05, 0.1) is 21.7 Å². The lowest BCUT2D eigenvalue weighted by molar-refractivity contribution is -0.134. The van der Waals surface area contributed by atoms with E-state index < -0.39 is 18.1 Å². The second kappa shape index (κ2) is 10.4. The summed E-state index contributed by atoms with van der Waals surface area (Å²) in [7, 11) is 1.85. The molecule has 0 aromatic heterocycles. The van der Waals surface area contributed by atoms with Crippen molar-refractivity contribution < 1.29 is 29.3 Å². The van der Waals surface area contributed by atoms with Crippen molar-refractivity contribution in [3.05, 3.63) is 63.1 Å². The van der Waals surface area contributed by atoms with Crippen LogP contribution in [0, 0.1) is 6.92 Å². The van der Waals surface area contributed by atoms with E-state index in [1.165, 1.54) is 4.90 Å². The lowest BCUT2D eigenvalue weighted by atomic mass is 9.82. The minimum absolute atomic E-state index is 0.0866. The lowest BCUT2D eigenvalue weighted by Crippen LogP contribution is -2.61. The predicted molar refractivity (Wildman–Crippen MR) is 133 cm³/mol. The summed E-state index contributed by atoms with van der Waals surface area (Å²) >= 11 is 12.4. The molecule has 8 nitrogen and oxygen atoms in total. The summed E-state index contributed by atoms with van der Waals surface area (Å²) < 4.78 is 11.4. The number of aliphatic carboxylic acids is 1. The number of rotatable bonds is 7. The Kier molecular flexibility index (Phi) is 7.44. The van der Waals surface area contributed by atoms with Gasteiger partial charge in [0.1, 0.15) is 19.0 Å². The molecule has 0 radical (unpaired) electrons. The van der Waals surface area contributed by atoms with Gasteiger partial charge in [-0.15, -0.1) is 0 Å². The summed E-state index contributed by atoms with van der Waals surface area (Å²) in [5.41, 5.74) is 2.70. The zero-order valence-corrected chi connectivity index (χ0v) is 20.8. The third-order valence-corrected chi connectivity index (χ3v) is 7.00. The number of amides is 1. The SMILES string of the molecule is Cc1cc(Cl)c(OCCOc2ccc(C3=C(C(=O)O)[C@H]4CN(C(=O)O)C[C@@H](C3)N4C)cc2)c(Cl)c1. The molecular weight excluding hydrogens is 495 g/mol. The lowest BCUT2D eigenvalue weighted by Gasteiger charge is -2.48. The number of fused-ring (bicyclic) bond motifs is 2. The number of hydrogen-bond donors (Lipinski definition) is 2. The Morgan fingerprint density at radius 1 is 1.03 bits per heavy atom. The molecule has 35 heavy (non-hydrogen) atoms. The average molecular weight is 521 g/mol. The van der Waals surface area contributed by atoms with Crippen LogP contribution in [-0.4, -0.2) is 77.5 Å². The first-order chi connectivity index (χ1) is 16.7. The molecule has 2 heterocycles. The Hall–Kier alpha value is -2.94. The maximum absolute atomic E-state index is 12.2. The zero-order valence-electron chi connectivity index (χ0n) is 19.3. The second-order valence-corrected chi connectivity index (χ2v) is 9.52. The van der Waals surface area contributed by atoms with Crippen LogP contribution in [-0.2, 0) is 4.79 Å². The van der Waals surface area contributed by atoms with Crippen molar-refractivity contribution in [2.45, 2.75) is 25.4 Å². The molecule has 186 valence electrons. The summed E-state index contributed by atoms with van der Waals surface area (Å²) in [6.07, 6.45) is -0.580. The fourth-order valence-corrected chi connectivity index (χ4v) is 5.39. The highest BCUT2D eigenvalue weighted by molar-refractivity contribution is 6.37. The van der Waals surface area contributed by atoms with Crippen molar-refractivity contribution in [2.75, 3.05) is 33.4 Å². The number of halogens is 2. The third kappa shape index (κ3) is 5.34. The Labute approximate surface area is 213 Å². The number of benzene rings is 2. The van der Waals surface area contributed by atoms with Crippen LogP contribution in [0.15, 0.2) is 42.0 Å². The monoisotopic (exact) mass is 520 g/mol. The first-order valence-electron chi connectivity index (χ1n) is 11.1. The van der Waals surface area contributed by atoms with Gasteiger partial charge in [0.25, 0.3) is 0 Å². The normalized spacial score (nSPS) is 20.1. The van der Waals surface area contributed by atoms with Crippen molar-refractivity contribution in [3.8, 4) is 11.5 Å². The van der Waals surface area contributed by atoms with Crippen LogP contribution in [0.3, 0.4) is 0 Å². The minimum Gasteiger partial charge on any atom is -0.490 e. The van der Waals surface area contributed by atoms with Crippen LogP contribution in [0.5, 0.6) is 11.5 Å². The minimum atomic E-state index is -1.03. The largest absolute Gasteiger partial charge is 0.490 e. The van der Waals surface area contributed by atoms with Crippen molar-refractivity contribution >= 4 is 40.8 Å². The highest BCUT2D eigenvalue weighted by atomic mass is 35.5. The van der Waals surface area contributed by atoms with Crippen molar-refractivity contribution in [1.82, 2.24) is 9.80 Å². The topological polar surface area (TPSA) is 99.5 Å². The van der Waals surface area contributed by atoms with Crippen LogP contribution < -0.4 is 9.47 Å². The standard InChI is InChI=1S/C25H26Cl2N2O6/c1-14-9-19(26)23(20(27)10-14)35-8-7-34-17-5-3-15(4-6-17)18-11-16-12-29(25(32)33)13-21(28(16)2)22(18)24(30)31/h3-6,9-10,16,21H,7-8,11-13H2,1-2H3,(H,30,31)(H,32,33)/t16-,21-/m1/s1. The average Bonchev–Trinajstić information content (AvgIpc) is 2.78. The van der Waals surface area contributed by atoms with E-state index in [2.05, 4.69) is 0 Å². The van der Waals surface area contributed by atoms with Gasteiger partial charge in [0.15, 0.2) is 5.75 Å². The molecule has 2 aliphatic rings. The fraction of sp³-hybridized carbons (Fsp3) is 0.360. The van der Waals surface area contributed by atoms with E-state index in [0.717, 1.165) is 16.7 Å². The molecule has 10 heteroatoms. The molecule has 2 bridgehead atoms. The van der Waals surface area contributed by atoms with Gasteiger partial charge in [-0.05, 0) is 61.4 Å². The number of aryl methyl sites for hydroxylation is 1. The number of carbonyl (C=O) groups is 2. The van der Waals surface area contributed by atoms with E-state index >= 15 is 0 Å². The van der Waals surface area contributed by atoms with Crippen molar-refractivity contribution in [2.24, 2.45) is 0 Å². The summed E-state index contributed by atoms with van der Waals surface area (Å²) in [6, 6.07) is 10.2. The summed E-state index contributed by atoms with van der Waals surface area (Å²) in [4.78, 5) is 26.9. The molecule has 1 amide bonds. The highest BCUT2D eigenvalue weighted by Gasteiger charge is 2.43. The number of likely N-dealkylation sites (N-methyl/N-ethyl adjacent to an activating group) is 1. The third-order valence-electron chi connectivity index (χ3n) is 6.43. The fourth-order valence-electron chi connectivity index (χ4n) is 4.68. The molecule has 0 unspecified atom stereocenters. The highest BCUT2D eigenvalue weighted by Crippen LogP contribution is 2.38. The van der Waals surface area contributed by atoms with Gasteiger partial charge < -0.3 is 24.6 Å². The second-order valence-electron chi connectivity index (χ2n) is 8.70. The van der Waals surface area contributed by atoms with E-state index in [9.17, 15) is 19.8 Å². The summed E-state index contributed by atoms with van der Waals surface area (Å²) in [5.74, 6) is -0.00478. The number of nitrogens with zero attached hydrogens (tertiary/aromatic N) is 2. The molecular formula is C25H26Cl2N2O6. The van der Waals surface area contributed by atoms with Gasteiger partial charge in [-0.25, -0.2) is 9.59 Å². The number of ether oxygens (including phenoxy) is 2. The van der Waals surface area contributed by atoms with Crippen molar-refractivity contribution in [1.29, 1.82) is 0 Å². The van der Waals surface area contributed by atoms with Gasteiger partial charge in [-0.3, -0.25) is 4.90 Å². The molecule has 0 aliphatic carbocycles. The molecule has 2 aromatic rings. The summed E-state index contributed by atoms with van der Waals surface area (Å²) in [5, 5.41) is 20.3. The van der Waals surface area contributed by atoms with Gasteiger partial charge >= 0.3 is 12.1 Å². The van der Waals surface area contributed by atoms with Crippen molar-refractivity contribution in [3.63, 3.8) is 0 Å². The molecule has 0 spiro atoms. The summed E-state index contributed by atoms with van der Waals surface area (Å²) in [6.45, 7) is 2.88. The molecule has 2 aromatic carbocycles. The van der Waals surface area contributed by atoms with Gasteiger partial charge in [-0.2, -0.15) is 0 Å². The molecule has 2 aliphatic heterocycles. The number of hydrogen-bond acceptors (Lipinski definition) is 5. The number of carboxylic acids is 1. The van der Waals surface area contributed by atoms with Crippen LogP contribution in [0.1, 0.15) is 17.5 Å². The first kappa shape index (κ1) is 25.2. The van der Waals surface area contributed by atoms with E-state index in [-0.39, 0.29) is 31.4 Å². The molecule has 1 saturated heterocycles. The van der Waals surface area contributed by atoms with Gasteiger partial charge in [0, 0.05) is 19.1 Å². The van der Waals surface area contributed by atoms with Crippen LogP contribution in [0.4, 0.5) is 4.79 Å². The van der Waals surface area contributed by atoms with Gasteiger partial charge in [0.2, 0.25) is 0 Å². The van der Waals surface area contributed by atoms with E-state index in [0.29, 0.717) is 34.5 Å². The Morgan fingerprint density at radius 3 is 2.26 bits per heavy atom. The smallest absolute Gasteiger partial charge is 0.407 e. The van der Waals surface area contributed by atoms with E-state index in [1.807, 2.05) is 31.0 Å². The van der Waals surface area contributed by atoms with Gasteiger partial charge in [-0.1, -0.05) is 35.3 Å². The Bertz CT molecular complexity index is 1140. The maximum Gasteiger partial charge on any atom is 0.407 e. The van der Waals surface area contributed by atoms with E-state index in [1.54, 1.807) is 24.3 Å². The molecule has 2 N–H and O–H groups in total. The number of piperazine rings is 1. The molecule has 2 atom stereocenters. The Balaban J connectivity index is 1.44. The Morgan fingerprint density at radius 2 is 1.66 bits per heavy atom.